The van der Waals surface area contributed by atoms with Crippen molar-refractivity contribution in [3.05, 3.63) is 35.4 Å². The topological polar surface area (TPSA) is 12.0 Å². The second-order valence-corrected chi connectivity index (χ2v) is 5.96. The average Bonchev–Trinajstić information content (AvgIpc) is 2.39. The van der Waals surface area contributed by atoms with Crippen LogP contribution in [-0.4, -0.2) is 6.04 Å². The zero-order valence-corrected chi connectivity index (χ0v) is 12.1. The van der Waals surface area contributed by atoms with Crippen LogP contribution in [0.2, 0.25) is 0 Å². The van der Waals surface area contributed by atoms with Gasteiger partial charge in [0, 0.05) is 12.6 Å². The van der Waals surface area contributed by atoms with Crippen LogP contribution in [0.1, 0.15) is 51.2 Å². The first kappa shape index (κ1) is 13.6. The summed E-state index contributed by atoms with van der Waals surface area (Å²) < 4.78 is 0. The predicted molar refractivity (Wildman–Crippen MR) is 78.6 cm³/mol. The van der Waals surface area contributed by atoms with Gasteiger partial charge < -0.3 is 5.32 Å². The number of rotatable bonds is 4. The van der Waals surface area contributed by atoms with Crippen LogP contribution in [0.25, 0.3) is 0 Å². The van der Waals surface area contributed by atoms with Gasteiger partial charge in [0.2, 0.25) is 0 Å². The van der Waals surface area contributed by atoms with Crippen molar-refractivity contribution in [2.24, 2.45) is 11.8 Å². The summed E-state index contributed by atoms with van der Waals surface area (Å²) in [5, 5.41) is 3.77. The monoisotopic (exact) mass is 245 g/mol. The highest BCUT2D eigenvalue weighted by molar-refractivity contribution is 5.22. The summed E-state index contributed by atoms with van der Waals surface area (Å²) in [5.74, 6) is 1.65. The molecule has 2 rings (SSSR count). The van der Waals surface area contributed by atoms with E-state index in [9.17, 15) is 0 Å². The van der Waals surface area contributed by atoms with Gasteiger partial charge in [0.05, 0.1) is 0 Å². The molecule has 0 radical (unpaired) electrons. The predicted octanol–water partition coefficient (Wildman–Crippen LogP) is 4.16. The average molecular weight is 245 g/mol. The van der Waals surface area contributed by atoms with Crippen LogP contribution in [0.3, 0.4) is 0 Å². The Bertz CT molecular complexity index is 344. The fourth-order valence-corrected chi connectivity index (χ4v) is 3.21. The Morgan fingerprint density at radius 1 is 1.00 bits per heavy atom. The summed E-state index contributed by atoms with van der Waals surface area (Å²) in [4.78, 5) is 0. The van der Waals surface area contributed by atoms with E-state index >= 15 is 0 Å². The van der Waals surface area contributed by atoms with Crippen LogP contribution >= 0.6 is 0 Å². The Kier molecular flexibility index (Phi) is 4.82. The van der Waals surface area contributed by atoms with Crippen LogP contribution in [0, 0.1) is 11.8 Å². The van der Waals surface area contributed by atoms with Gasteiger partial charge in [-0.1, -0.05) is 51.5 Å². The van der Waals surface area contributed by atoms with Gasteiger partial charge in [0.25, 0.3) is 0 Å². The first-order chi connectivity index (χ1) is 8.70. The molecule has 18 heavy (non-hydrogen) atoms. The molecule has 1 N–H and O–H groups in total. The minimum atomic E-state index is 0.699. The largest absolute Gasteiger partial charge is 0.309 e. The smallest absolute Gasteiger partial charge is 0.0208 e. The van der Waals surface area contributed by atoms with Gasteiger partial charge >= 0.3 is 0 Å². The molecular weight excluding hydrogens is 218 g/mol. The van der Waals surface area contributed by atoms with Gasteiger partial charge in [-0.25, -0.2) is 0 Å². The first-order valence-corrected chi connectivity index (χ1v) is 7.52. The van der Waals surface area contributed by atoms with E-state index in [1.54, 1.807) is 0 Å². The zero-order chi connectivity index (χ0) is 13.0. The first-order valence-electron chi connectivity index (χ1n) is 7.52. The molecule has 1 aliphatic carbocycles. The van der Waals surface area contributed by atoms with E-state index in [1.165, 1.54) is 30.4 Å². The molecule has 1 saturated carbocycles. The Labute approximate surface area is 112 Å². The fourth-order valence-electron chi connectivity index (χ4n) is 3.21. The molecule has 2 atom stereocenters. The molecule has 1 aromatic rings. The molecule has 1 heteroatoms. The van der Waals surface area contributed by atoms with Crippen molar-refractivity contribution in [2.45, 2.75) is 59.0 Å². The highest BCUT2D eigenvalue weighted by Gasteiger charge is 2.26. The highest BCUT2D eigenvalue weighted by atomic mass is 14.9. The number of benzene rings is 1. The van der Waals surface area contributed by atoms with Gasteiger partial charge in [0.1, 0.15) is 0 Å². The van der Waals surface area contributed by atoms with Crippen LogP contribution in [0.4, 0.5) is 0 Å². The van der Waals surface area contributed by atoms with E-state index in [0.717, 1.165) is 24.8 Å². The van der Waals surface area contributed by atoms with Gasteiger partial charge in [-0.15, -0.1) is 0 Å². The Hall–Kier alpha value is -0.820. The van der Waals surface area contributed by atoms with Crippen LogP contribution in [0.15, 0.2) is 24.3 Å². The third-order valence-corrected chi connectivity index (χ3v) is 4.52. The maximum Gasteiger partial charge on any atom is 0.0208 e. The molecule has 2 unspecified atom stereocenters. The lowest BCUT2D eigenvalue weighted by Crippen LogP contribution is -2.42. The Balaban J connectivity index is 1.89. The lowest BCUT2D eigenvalue weighted by atomic mass is 9.78. The van der Waals surface area contributed by atoms with E-state index in [-0.39, 0.29) is 0 Å². The van der Waals surface area contributed by atoms with Gasteiger partial charge in [-0.3, -0.25) is 0 Å². The summed E-state index contributed by atoms with van der Waals surface area (Å²) in [5.41, 5.74) is 2.84. The fraction of sp³-hybridized carbons (Fsp3) is 0.647. The van der Waals surface area contributed by atoms with Crippen molar-refractivity contribution < 1.29 is 0 Å². The Morgan fingerprint density at radius 2 is 1.56 bits per heavy atom. The van der Waals surface area contributed by atoms with Crippen molar-refractivity contribution in [3.8, 4) is 0 Å². The van der Waals surface area contributed by atoms with Crippen LogP contribution < -0.4 is 5.32 Å². The second-order valence-electron chi connectivity index (χ2n) is 5.96. The molecular formula is C17H27N. The van der Waals surface area contributed by atoms with Crippen molar-refractivity contribution >= 4 is 0 Å². The summed E-state index contributed by atoms with van der Waals surface area (Å²) in [6, 6.07) is 9.74. The normalized spacial score (nSPS) is 28.3. The van der Waals surface area contributed by atoms with Crippen LogP contribution in [-0.2, 0) is 13.0 Å². The lowest BCUT2D eigenvalue weighted by Gasteiger charge is -2.35. The third-order valence-electron chi connectivity index (χ3n) is 4.52. The van der Waals surface area contributed by atoms with Crippen molar-refractivity contribution in [2.75, 3.05) is 0 Å². The molecule has 0 amide bonds. The van der Waals surface area contributed by atoms with Gasteiger partial charge in [-0.05, 0) is 42.2 Å². The zero-order valence-electron chi connectivity index (χ0n) is 12.1. The van der Waals surface area contributed by atoms with Crippen molar-refractivity contribution in [3.63, 3.8) is 0 Å². The minimum Gasteiger partial charge on any atom is -0.309 e. The van der Waals surface area contributed by atoms with Gasteiger partial charge in [-0.2, -0.15) is 0 Å². The van der Waals surface area contributed by atoms with E-state index in [1.807, 2.05) is 0 Å². The summed E-state index contributed by atoms with van der Waals surface area (Å²) in [7, 11) is 0. The van der Waals surface area contributed by atoms with Crippen molar-refractivity contribution in [1.29, 1.82) is 0 Å². The maximum atomic E-state index is 3.77. The molecule has 0 heterocycles. The summed E-state index contributed by atoms with van der Waals surface area (Å²) >= 11 is 0. The molecule has 0 bridgehead atoms. The Morgan fingerprint density at radius 3 is 2.11 bits per heavy atom. The molecule has 0 aliphatic heterocycles. The quantitative estimate of drug-likeness (QED) is 0.839. The van der Waals surface area contributed by atoms with Crippen molar-refractivity contribution in [1.82, 2.24) is 5.32 Å². The molecule has 0 spiro atoms. The molecule has 1 nitrogen and oxygen atoms in total. The maximum absolute atomic E-state index is 3.77. The van der Waals surface area contributed by atoms with E-state index in [4.69, 9.17) is 0 Å². The second kappa shape index (κ2) is 6.38. The minimum absolute atomic E-state index is 0.699. The SMILES string of the molecule is CCc1ccc(CNC2C(C)CCCC2C)cc1. The summed E-state index contributed by atoms with van der Waals surface area (Å²) in [6.45, 7) is 8.02. The van der Waals surface area contributed by atoms with Gasteiger partial charge in [0.15, 0.2) is 0 Å². The van der Waals surface area contributed by atoms with E-state index < -0.39 is 0 Å². The molecule has 100 valence electrons. The molecule has 0 saturated heterocycles. The third kappa shape index (κ3) is 3.35. The molecule has 1 fully saturated rings. The van der Waals surface area contributed by atoms with E-state index in [0.29, 0.717) is 6.04 Å². The lowest BCUT2D eigenvalue weighted by molar-refractivity contribution is 0.207. The molecule has 1 aromatic carbocycles. The number of hydrogen-bond acceptors (Lipinski definition) is 1. The standard InChI is InChI=1S/C17H27N/c1-4-15-8-10-16(11-9-15)12-18-17-13(2)6-5-7-14(17)3/h8-11,13-14,17-18H,4-7,12H2,1-3H3. The van der Waals surface area contributed by atoms with Crippen LogP contribution in [0.5, 0.6) is 0 Å². The molecule has 1 aliphatic rings. The highest BCUT2D eigenvalue weighted by Crippen LogP contribution is 2.28. The number of aryl methyl sites for hydroxylation is 1. The summed E-state index contributed by atoms with van der Waals surface area (Å²) in [6.07, 6.45) is 5.31. The number of nitrogens with one attached hydrogen (secondary N) is 1. The number of hydrogen-bond donors (Lipinski definition) is 1. The van der Waals surface area contributed by atoms with E-state index in [2.05, 4.69) is 50.4 Å². The molecule has 0 aromatic heterocycles.